The summed E-state index contributed by atoms with van der Waals surface area (Å²) in [7, 11) is 0. The van der Waals surface area contributed by atoms with Crippen LogP contribution in [0.5, 0.6) is 0 Å². The third-order valence-electron chi connectivity index (χ3n) is 3.11. The lowest BCUT2D eigenvalue weighted by molar-refractivity contribution is -0.00566. The smallest absolute Gasteiger partial charge is 0.272 e. The van der Waals surface area contributed by atoms with E-state index in [4.69, 9.17) is 9.84 Å². The molecule has 0 atom stereocenters. The average Bonchev–Trinajstić information content (AvgIpc) is 2.45. The van der Waals surface area contributed by atoms with Crippen LogP contribution in [-0.4, -0.2) is 53.3 Å². The fourth-order valence-corrected chi connectivity index (χ4v) is 2.13. The summed E-state index contributed by atoms with van der Waals surface area (Å²) in [6, 6.07) is 4.21. The van der Waals surface area contributed by atoms with E-state index < -0.39 is 5.95 Å². The first-order valence-corrected chi connectivity index (χ1v) is 6.35. The maximum atomic E-state index is 13.0. The summed E-state index contributed by atoms with van der Waals surface area (Å²) in [5.41, 5.74) is 0.134. The number of aliphatic hydroxyl groups is 1. The Morgan fingerprint density at radius 3 is 2.84 bits per heavy atom. The monoisotopic (exact) mass is 268 g/mol. The van der Waals surface area contributed by atoms with Crippen molar-refractivity contribution in [1.82, 2.24) is 9.88 Å². The van der Waals surface area contributed by atoms with Gasteiger partial charge >= 0.3 is 0 Å². The number of piperidine rings is 1. The van der Waals surface area contributed by atoms with Gasteiger partial charge in [-0.25, -0.2) is 4.98 Å². The van der Waals surface area contributed by atoms with Crippen molar-refractivity contribution in [2.24, 2.45) is 0 Å². The third kappa shape index (κ3) is 3.71. The van der Waals surface area contributed by atoms with E-state index in [2.05, 4.69) is 4.98 Å². The minimum atomic E-state index is -0.646. The van der Waals surface area contributed by atoms with E-state index in [0.717, 1.165) is 12.8 Å². The molecule has 1 fully saturated rings. The van der Waals surface area contributed by atoms with Crippen LogP contribution in [0.15, 0.2) is 18.2 Å². The highest BCUT2D eigenvalue weighted by Gasteiger charge is 2.24. The lowest BCUT2D eigenvalue weighted by Gasteiger charge is -2.31. The summed E-state index contributed by atoms with van der Waals surface area (Å²) in [6.07, 6.45) is 1.53. The molecule has 1 aliphatic heterocycles. The van der Waals surface area contributed by atoms with Gasteiger partial charge in [0.1, 0.15) is 5.69 Å². The van der Waals surface area contributed by atoms with Crippen molar-refractivity contribution in [3.63, 3.8) is 0 Å². The molecule has 19 heavy (non-hydrogen) atoms. The summed E-state index contributed by atoms with van der Waals surface area (Å²) in [5.74, 6) is -0.896. The van der Waals surface area contributed by atoms with E-state index in [9.17, 15) is 9.18 Å². The number of ether oxygens (including phenoxy) is 1. The molecule has 1 aromatic heterocycles. The number of hydrogen-bond donors (Lipinski definition) is 1. The topological polar surface area (TPSA) is 62.7 Å². The molecule has 1 amide bonds. The number of carbonyl (C=O) groups excluding carboxylic acids is 1. The molecule has 0 radical (unpaired) electrons. The molecule has 1 aliphatic rings. The second kappa shape index (κ2) is 6.58. The molecule has 1 N–H and O–H groups in total. The Morgan fingerprint density at radius 2 is 2.21 bits per heavy atom. The van der Waals surface area contributed by atoms with Crippen LogP contribution in [0.25, 0.3) is 0 Å². The number of halogens is 1. The SMILES string of the molecule is O=C(c1cccc(F)n1)N1CCC(OCCO)CC1. The fraction of sp³-hybridized carbons (Fsp3) is 0.538. The van der Waals surface area contributed by atoms with Crippen LogP contribution in [0.4, 0.5) is 4.39 Å². The van der Waals surface area contributed by atoms with E-state index in [1.807, 2.05) is 0 Å². The molecule has 0 aromatic carbocycles. The quantitative estimate of drug-likeness (QED) is 0.822. The summed E-state index contributed by atoms with van der Waals surface area (Å²) in [5, 5.41) is 8.68. The van der Waals surface area contributed by atoms with Crippen LogP contribution in [0.2, 0.25) is 0 Å². The van der Waals surface area contributed by atoms with E-state index in [1.165, 1.54) is 18.2 Å². The van der Waals surface area contributed by atoms with E-state index in [-0.39, 0.29) is 24.3 Å². The van der Waals surface area contributed by atoms with Crippen molar-refractivity contribution in [3.05, 3.63) is 29.8 Å². The molecule has 2 rings (SSSR count). The summed E-state index contributed by atoms with van der Waals surface area (Å²) >= 11 is 0. The predicted molar refractivity (Wildman–Crippen MR) is 66.2 cm³/mol. The maximum absolute atomic E-state index is 13.0. The third-order valence-corrected chi connectivity index (χ3v) is 3.11. The molecular formula is C13H17FN2O3. The van der Waals surface area contributed by atoms with Gasteiger partial charge in [0.05, 0.1) is 19.3 Å². The number of nitrogens with zero attached hydrogens (tertiary/aromatic N) is 2. The minimum absolute atomic E-state index is 0.00631. The van der Waals surface area contributed by atoms with Gasteiger partial charge < -0.3 is 14.7 Å². The van der Waals surface area contributed by atoms with Crippen LogP contribution >= 0.6 is 0 Å². The van der Waals surface area contributed by atoms with Crippen LogP contribution in [0.1, 0.15) is 23.3 Å². The van der Waals surface area contributed by atoms with Gasteiger partial charge in [-0.2, -0.15) is 4.39 Å². The molecule has 5 nitrogen and oxygen atoms in total. The Labute approximate surface area is 111 Å². The summed E-state index contributed by atoms with van der Waals surface area (Å²) in [4.78, 5) is 17.3. The average molecular weight is 268 g/mol. The zero-order valence-corrected chi connectivity index (χ0v) is 10.6. The molecule has 2 heterocycles. The zero-order valence-electron chi connectivity index (χ0n) is 10.6. The largest absolute Gasteiger partial charge is 0.394 e. The Morgan fingerprint density at radius 1 is 1.47 bits per heavy atom. The highest BCUT2D eigenvalue weighted by atomic mass is 19.1. The number of pyridine rings is 1. The summed E-state index contributed by atoms with van der Waals surface area (Å²) < 4.78 is 18.4. The molecule has 0 saturated carbocycles. The Balaban J connectivity index is 1.89. The highest BCUT2D eigenvalue weighted by molar-refractivity contribution is 5.92. The van der Waals surface area contributed by atoms with E-state index >= 15 is 0 Å². The van der Waals surface area contributed by atoms with Crippen molar-refractivity contribution in [1.29, 1.82) is 0 Å². The van der Waals surface area contributed by atoms with Gasteiger partial charge in [0, 0.05) is 13.1 Å². The molecule has 1 saturated heterocycles. The molecule has 1 aromatic rings. The first-order valence-electron chi connectivity index (χ1n) is 6.35. The maximum Gasteiger partial charge on any atom is 0.272 e. The fourth-order valence-electron chi connectivity index (χ4n) is 2.13. The second-order valence-corrected chi connectivity index (χ2v) is 4.43. The predicted octanol–water partition coefficient (Wildman–Crippen LogP) is 0.834. The first kappa shape index (κ1) is 13.9. The number of rotatable bonds is 4. The second-order valence-electron chi connectivity index (χ2n) is 4.43. The van der Waals surface area contributed by atoms with E-state index in [0.29, 0.717) is 19.7 Å². The van der Waals surface area contributed by atoms with Crippen LogP contribution in [0.3, 0.4) is 0 Å². The molecule has 0 unspecified atom stereocenters. The Kier molecular flexibility index (Phi) is 4.81. The van der Waals surface area contributed by atoms with Gasteiger partial charge in [-0.15, -0.1) is 0 Å². The Hall–Kier alpha value is -1.53. The molecule has 0 spiro atoms. The van der Waals surface area contributed by atoms with E-state index in [1.54, 1.807) is 4.90 Å². The van der Waals surface area contributed by atoms with Crippen molar-refractivity contribution in [2.45, 2.75) is 18.9 Å². The molecule has 104 valence electrons. The zero-order chi connectivity index (χ0) is 13.7. The number of aromatic nitrogens is 1. The molecular weight excluding hydrogens is 251 g/mol. The number of aliphatic hydroxyl groups excluding tert-OH is 1. The Bertz CT molecular complexity index is 434. The van der Waals surface area contributed by atoms with Crippen molar-refractivity contribution < 1.29 is 19.0 Å². The van der Waals surface area contributed by atoms with Crippen LogP contribution in [-0.2, 0) is 4.74 Å². The van der Waals surface area contributed by atoms with Crippen LogP contribution in [0, 0.1) is 5.95 Å². The number of amides is 1. The first-order chi connectivity index (χ1) is 9.20. The van der Waals surface area contributed by atoms with Gasteiger partial charge in [-0.3, -0.25) is 4.79 Å². The normalized spacial score (nSPS) is 16.6. The lowest BCUT2D eigenvalue weighted by atomic mass is 10.1. The van der Waals surface area contributed by atoms with Gasteiger partial charge in [0.25, 0.3) is 5.91 Å². The number of hydrogen-bond acceptors (Lipinski definition) is 4. The summed E-state index contributed by atoms with van der Waals surface area (Å²) in [6.45, 7) is 1.46. The van der Waals surface area contributed by atoms with Gasteiger partial charge in [0.15, 0.2) is 0 Å². The van der Waals surface area contributed by atoms with Gasteiger partial charge in [-0.05, 0) is 25.0 Å². The minimum Gasteiger partial charge on any atom is -0.394 e. The van der Waals surface area contributed by atoms with Crippen molar-refractivity contribution >= 4 is 5.91 Å². The molecule has 0 aliphatic carbocycles. The highest BCUT2D eigenvalue weighted by Crippen LogP contribution is 2.15. The van der Waals surface area contributed by atoms with Crippen LogP contribution < -0.4 is 0 Å². The number of likely N-dealkylation sites (tertiary alicyclic amines) is 1. The lowest BCUT2D eigenvalue weighted by Crippen LogP contribution is -2.41. The standard InChI is InChI=1S/C13H17FN2O3/c14-12-3-1-2-11(15-12)13(18)16-6-4-10(5-7-16)19-9-8-17/h1-3,10,17H,4-9H2. The van der Waals surface area contributed by atoms with Gasteiger partial charge in [-0.1, -0.05) is 6.07 Å². The number of carbonyl (C=O) groups is 1. The van der Waals surface area contributed by atoms with Crippen molar-refractivity contribution in [3.8, 4) is 0 Å². The molecule has 6 heteroatoms. The molecule has 0 bridgehead atoms. The van der Waals surface area contributed by atoms with Gasteiger partial charge in [0.2, 0.25) is 5.95 Å². The van der Waals surface area contributed by atoms with Crippen molar-refractivity contribution in [2.75, 3.05) is 26.3 Å².